The van der Waals surface area contributed by atoms with Gasteiger partial charge in [0.05, 0.1) is 26.1 Å². The van der Waals surface area contributed by atoms with Gasteiger partial charge in [0.15, 0.2) is 18.0 Å². The molecule has 39 heavy (non-hydrogen) atoms. The van der Waals surface area contributed by atoms with Gasteiger partial charge in [0.2, 0.25) is 5.28 Å². The van der Waals surface area contributed by atoms with E-state index in [9.17, 15) is 14.7 Å². The minimum Gasteiger partial charge on any atom is -0.463 e. The van der Waals surface area contributed by atoms with E-state index < -0.39 is 48.8 Å². The van der Waals surface area contributed by atoms with Gasteiger partial charge >= 0.3 is 11.9 Å². The lowest BCUT2D eigenvalue weighted by Crippen LogP contribution is -2.54. The maximum Gasteiger partial charge on any atom is 0.350 e. The van der Waals surface area contributed by atoms with Crippen molar-refractivity contribution in [3.63, 3.8) is 0 Å². The van der Waals surface area contributed by atoms with Crippen LogP contribution in [0.3, 0.4) is 0 Å². The molecule has 0 spiro atoms. The summed E-state index contributed by atoms with van der Waals surface area (Å²) in [5.74, 6) is -1.94. The number of fused-ring (bicyclic) bond motifs is 1. The fourth-order valence-electron chi connectivity index (χ4n) is 4.26. The van der Waals surface area contributed by atoms with Crippen molar-refractivity contribution in [2.75, 3.05) is 26.1 Å². The van der Waals surface area contributed by atoms with Crippen LogP contribution in [0.4, 0.5) is 4.39 Å². The molecule has 1 fully saturated rings. The van der Waals surface area contributed by atoms with Crippen molar-refractivity contribution >= 4 is 46.5 Å². The van der Waals surface area contributed by atoms with Crippen LogP contribution in [0.25, 0.3) is 11.2 Å². The second-order valence-electron chi connectivity index (χ2n) is 8.57. The normalized spacial score (nSPS) is 21.3. The van der Waals surface area contributed by atoms with Crippen molar-refractivity contribution in [1.82, 2.24) is 19.5 Å². The first-order valence-electron chi connectivity index (χ1n) is 12.2. The number of carbonyl (C=O) groups is 2. The van der Waals surface area contributed by atoms with Gasteiger partial charge in [-0.3, -0.25) is 4.57 Å². The van der Waals surface area contributed by atoms with Crippen LogP contribution in [0, 0.1) is 0 Å². The molecule has 210 valence electrons. The van der Waals surface area contributed by atoms with E-state index in [1.807, 2.05) is 0 Å². The lowest BCUT2D eigenvalue weighted by atomic mass is 9.93. The van der Waals surface area contributed by atoms with Crippen LogP contribution < -0.4 is 0 Å². The molecule has 0 saturated carbocycles. The zero-order valence-electron chi connectivity index (χ0n) is 21.5. The van der Waals surface area contributed by atoms with E-state index in [1.54, 1.807) is 50.4 Å². The Morgan fingerprint density at radius 2 is 1.85 bits per heavy atom. The number of aliphatic hydroxyl groups is 1. The molecule has 0 aliphatic carbocycles. The highest BCUT2D eigenvalue weighted by atomic mass is 35.5. The van der Waals surface area contributed by atoms with Crippen LogP contribution in [0.15, 0.2) is 41.7 Å². The van der Waals surface area contributed by atoms with E-state index in [0.717, 1.165) is 0 Å². The molecule has 14 heteroatoms. The number of aliphatic hydroxyl groups excluding tert-OH is 1. The first kappa shape index (κ1) is 29.2. The number of thioether (sulfide) groups is 1. The Bertz CT molecular complexity index is 1300. The third-order valence-corrected chi connectivity index (χ3v) is 6.96. The molecule has 0 bridgehead atoms. The molecule has 2 aromatic heterocycles. The molecule has 1 aliphatic heterocycles. The Labute approximate surface area is 233 Å². The third-order valence-electron chi connectivity index (χ3n) is 6.12. The number of hydrogen-bond donors (Lipinski definition) is 1. The van der Waals surface area contributed by atoms with Crippen molar-refractivity contribution in [3.8, 4) is 0 Å². The van der Waals surface area contributed by atoms with Crippen molar-refractivity contribution in [2.45, 2.75) is 55.5 Å². The Morgan fingerprint density at radius 3 is 2.46 bits per heavy atom. The average molecular weight is 583 g/mol. The fraction of sp³-hybridized carbons (Fsp3) is 0.480. The zero-order chi connectivity index (χ0) is 28.2. The molecule has 0 amide bonds. The number of rotatable bonds is 11. The lowest BCUT2D eigenvalue weighted by molar-refractivity contribution is -0.197. The maximum atomic E-state index is 15.4. The summed E-state index contributed by atoms with van der Waals surface area (Å²) in [6.07, 6.45) is -3.30. The Hall–Kier alpha value is -2.84. The van der Waals surface area contributed by atoms with Crippen LogP contribution in [-0.2, 0) is 35.0 Å². The Morgan fingerprint density at radius 1 is 1.18 bits per heavy atom. The third kappa shape index (κ3) is 5.87. The second-order valence-corrected chi connectivity index (χ2v) is 9.70. The highest BCUT2D eigenvalue weighted by Gasteiger charge is 2.53. The standard InChI is InChI=1S/C25H28ClFN4O7S/c1-4-35-22(33)25(23(34)36-5-2,11-14-9-7-6-8-10-14)37-12-15-18(32)16(27)21(38-15)31-13-28-17-19(31)29-24(26)30-20(17)39-3/h6-10,13,15-16,18,21,32H,4-5,11-12H2,1-3H3/t15-,16+,18-,21-/m1/s1. The van der Waals surface area contributed by atoms with Gasteiger partial charge in [0.1, 0.15) is 22.8 Å². The minimum absolute atomic E-state index is 0.0223. The molecule has 4 rings (SSSR count). The summed E-state index contributed by atoms with van der Waals surface area (Å²) in [5.41, 5.74) is -1.00. The van der Waals surface area contributed by atoms with Gasteiger partial charge < -0.3 is 24.1 Å². The van der Waals surface area contributed by atoms with Crippen LogP contribution in [0.1, 0.15) is 25.6 Å². The van der Waals surface area contributed by atoms with Crippen LogP contribution in [0.5, 0.6) is 0 Å². The first-order valence-corrected chi connectivity index (χ1v) is 13.8. The van der Waals surface area contributed by atoms with Gasteiger partial charge in [0, 0.05) is 6.42 Å². The SMILES string of the molecule is CCOC(=O)C(Cc1ccccc1)(OC[C@H]1O[C@@H](n2cnc3c(SC)nc(Cl)nc32)[C@@H](F)[C@@H]1O)C(=O)OCC. The maximum absolute atomic E-state index is 15.4. The number of carbonyl (C=O) groups excluding carboxylic acids is 2. The number of alkyl halides is 1. The van der Waals surface area contributed by atoms with Gasteiger partial charge in [-0.25, -0.2) is 23.9 Å². The summed E-state index contributed by atoms with van der Waals surface area (Å²) >= 11 is 7.33. The number of aromatic nitrogens is 4. The number of hydrogen-bond acceptors (Lipinski definition) is 11. The summed E-state index contributed by atoms with van der Waals surface area (Å²) in [5, 5.41) is 11.2. The number of ether oxygens (including phenoxy) is 4. The number of esters is 2. The largest absolute Gasteiger partial charge is 0.463 e. The first-order chi connectivity index (χ1) is 18.7. The van der Waals surface area contributed by atoms with Crippen LogP contribution in [-0.4, -0.2) is 86.6 Å². The van der Waals surface area contributed by atoms with E-state index in [1.165, 1.54) is 22.7 Å². The predicted octanol–water partition coefficient (Wildman–Crippen LogP) is 2.92. The number of halogens is 2. The highest BCUT2D eigenvalue weighted by molar-refractivity contribution is 7.98. The summed E-state index contributed by atoms with van der Waals surface area (Å²) in [6, 6.07) is 8.69. The summed E-state index contributed by atoms with van der Waals surface area (Å²) in [4.78, 5) is 38.8. The summed E-state index contributed by atoms with van der Waals surface area (Å²) in [7, 11) is 0. The molecular weight excluding hydrogens is 555 g/mol. The van der Waals surface area contributed by atoms with Gasteiger partial charge in [0.25, 0.3) is 5.60 Å². The van der Waals surface area contributed by atoms with Crippen molar-refractivity contribution in [1.29, 1.82) is 0 Å². The molecule has 0 radical (unpaired) electrons. The second kappa shape index (κ2) is 12.6. The zero-order valence-corrected chi connectivity index (χ0v) is 23.0. The number of imidazole rings is 1. The molecule has 1 saturated heterocycles. The molecule has 1 N–H and O–H groups in total. The molecular formula is C25H28ClFN4O7S. The predicted molar refractivity (Wildman–Crippen MR) is 139 cm³/mol. The van der Waals surface area contributed by atoms with Crippen molar-refractivity contribution in [2.24, 2.45) is 0 Å². The van der Waals surface area contributed by atoms with Gasteiger partial charge in [-0.05, 0) is 37.3 Å². The number of benzene rings is 1. The van der Waals surface area contributed by atoms with Gasteiger partial charge in [-0.1, -0.05) is 30.3 Å². The molecule has 1 aliphatic rings. The van der Waals surface area contributed by atoms with E-state index in [2.05, 4.69) is 15.0 Å². The van der Waals surface area contributed by atoms with Gasteiger partial charge in [-0.2, -0.15) is 4.98 Å². The highest BCUT2D eigenvalue weighted by Crippen LogP contribution is 2.36. The topological polar surface area (TPSA) is 135 Å². The van der Waals surface area contributed by atoms with E-state index in [4.69, 9.17) is 30.5 Å². The average Bonchev–Trinajstić information content (AvgIpc) is 3.47. The summed E-state index contributed by atoms with van der Waals surface area (Å²) < 4.78 is 38.8. The van der Waals surface area contributed by atoms with Crippen molar-refractivity contribution in [3.05, 3.63) is 47.5 Å². The Kier molecular flexibility index (Phi) is 9.39. The van der Waals surface area contributed by atoms with E-state index in [0.29, 0.717) is 16.1 Å². The minimum atomic E-state index is -2.21. The molecule has 0 unspecified atom stereocenters. The monoisotopic (exact) mass is 582 g/mol. The van der Waals surface area contributed by atoms with E-state index in [-0.39, 0.29) is 30.6 Å². The van der Waals surface area contributed by atoms with Crippen molar-refractivity contribution < 1.29 is 38.0 Å². The molecule has 3 aromatic rings. The molecule has 11 nitrogen and oxygen atoms in total. The molecule has 1 aromatic carbocycles. The van der Waals surface area contributed by atoms with E-state index >= 15 is 4.39 Å². The Balaban J connectivity index is 1.62. The molecule has 4 atom stereocenters. The summed E-state index contributed by atoms with van der Waals surface area (Å²) in [6.45, 7) is 2.61. The van der Waals surface area contributed by atoms with Crippen LogP contribution >= 0.6 is 23.4 Å². The van der Waals surface area contributed by atoms with Crippen LogP contribution in [0.2, 0.25) is 5.28 Å². The fourth-order valence-corrected chi connectivity index (χ4v) is 4.99. The quantitative estimate of drug-likeness (QED) is 0.117. The lowest BCUT2D eigenvalue weighted by Gasteiger charge is -2.30. The molecule has 3 heterocycles. The number of nitrogens with zero attached hydrogens (tertiary/aromatic N) is 4. The van der Waals surface area contributed by atoms with Gasteiger partial charge in [-0.15, -0.1) is 11.8 Å². The smallest absolute Gasteiger partial charge is 0.350 e.